The molecule has 1 fully saturated rings. The van der Waals surface area contributed by atoms with Crippen LogP contribution in [0.1, 0.15) is 37.7 Å². The summed E-state index contributed by atoms with van der Waals surface area (Å²) in [4.78, 5) is 2.44. The molecule has 2 rings (SSSR count). The van der Waals surface area contributed by atoms with E-state index in [9.17, 15) is 0 Å². The molecule has 2 unspecified atom stereocenters. The molecule has 1 aromatic heterocycles. The first-order valence-corrected chi connectivity index (χ1v) is 8.03. The van der Waals surface area contributed by atoms with Gasteiger partial charge in [-0.1, -0.05) is 19.3 Å². The first-order chi connectivity index (χ1) is 8.16. The van der Waals surface area contributed by atoms with Gasteiger partial charge in [0.25, 0.3) is 0 Å². The Labute approximate surface area is 116 Å². The standard InChI is InChI=1S/C13H21BrN2S/c1-16(8-10-7-13(14)17-9-10)12-6-4-2-3-5-11(12)15/h7,9,11-12H,2-6,8,15H2,1H3. The largest absolute Gasteiger partial charge is 0.326 e. The molecule has 2 N–H and O–H groups in total. The fourth-order valence-electron chi connectivity index (χ4n) is 2.70. The highest BCUT2D eigenvalue weighted by atomic mass is 79.9. The molecule has 0 aromatic carbocycles. The van der Waals surface area contributed by atoms with Crippen LogP contribution >= 0.6 is 27.3 Å². The summed E-state index contributed by atoms with van der Waals surface area (Å²) in [5, 5.41) is 2.23. The van der Waals surface area contributed by atoms with Gasteiger partial charge in [-0.2, -0.15) is 0 Å². The summed E-state index contributed by atoms with van der Waals surface area (Å²) in [6.45, 7) is 1.01. The monoisotopic (exact) mass is 316 g/mol. The number of hydrogen-bond donors (Lipinski definition) is 1. The summed E-state index contributed by atoms with van der Waals surface area (Å²) in [6, 6.07) is 3.12. The molecule has 0 radical (unpaired) electrons. The van der Waals surface area contributed by atoms with Crippen LogP contribution in [-0.4, -0.2) is 24.0 Å². The van der Waals surface area contributed by atoms with Gasteiger partial charge >= 0.3 is 0 Å². The molecule has 0 aliphatic heterocycles. The zero-order valence-corrected chi connectivity index (χ0v) is 12.8. The van der Waals surface area contributed by atoms with Gasteiger partial charge in [0.05, 0.1) is 3.79 Å². The Morgan fingerprint density at radius 1 is 1.41 bits per heavy atom. The lowest BCUT2D eigenvalue weighted by molar-refractivity contribution is 0.193. The SMILES string of the molecule is CN(Cc1csc(Br)c1)C1CCCCCC1N. The lowest BCUT2D eigenvalue weighted by Gasteiger charge is -2.31. The smallest absolute Gasteiger partial charge is 0.0701 e. The molecule has 17 heavy (non-hydrogen) atoms. The first kappa shape index (κ1) is 13.5. The van der Waals surface area contributed by atoms with E-state index in [2.05, 4.69) is 39.3 Å². The Bertz CT molecular complexity index is 353. The topological polar surface area (TPSA) is 29.3 Å². The number of halogens is 1. The number of hydrogen-bond acceptors (Lipinski definition) is 3. The van der Waals surface area contributed by atoms with Crippen molar-refractivity contribution in [2.24, 2.45) is 5.73 Å². The molecule has 1 aliphatic carbocycles. The van der Waals surface area contributed by atoms with Crippen molar-refractivity contribution in [1.29, 1.82) is 0 Å². The number of likely N-dealkylation sites (N-methyl/N-ethyl adjacent to an activating group) is 1. The molecule has 0 saturated heterocycles. The highest BCUT2D eigenvalue weighted by molar-refractivity contribution is 9.11. The van der Waals surface area contributed by atoms with Crippen molar-refractivity contribution in [3.05, 3.63) is 20.8 Å². The number of thiophene rings is 1. The average Bonchev–Trinajstić information content (AvgIpc) is 2.57. The number of nitrogens with two attached hydrogens (primary N) is 1. The Kier molecular flexibility index (Phi) is 5.03. The van der Waals surface area contributed by atoms with E-state index >= 15 is 0 Å². The van der Waals surface area contributed by atoms with Crippen molar-refractivity contribution < 1.29 is 0 Å². The van der Waals surface area contributed by atoms with Crippen LogP contribution in [0.2, 0.25) is 0 Å². The average molecular weight is 317 g/mol. The summed E-state index contributed by atoms with van der Waals surface area (Å²) in [7, 11) is 2.21. The second-order valence-corrected chi connectivity index (χ2v) is 7.33. The Hall–Kier alpha value is 0.1000. The fourth-order valence-corrected chi connectivity index (χ4v) is 3.90. The van der Waals surface area contributed by atoms with Gasteiger partial charge in [0, 0.05) is 18.6 Å². The van der Waals surface area contributed by atoms with E-state index in [4.69, 9.17) is 5.73 Å². The summed E-state index contributed by atoms with van der Waals surface area (Å²) in [6.07, 6.45) is 6.42. The van der Waals surface area contributed by atoms with Crippen LogP contribution in [0.5, 0.6) is 0 Å². The van der Waals surface area contributed by atoms with E-state index in [0.29, 0.717) is 12.1 Å². The summed E-state index contributed by atoms with van der Waals surface area (Å²) in [5.41, 5.74) is 7.68. The zero-order chi connectivity index (χ0) is 12.3. The van der Waals surface area contributed by atoms with Gasteiger partial charge in [0.2, 0.25) is 0 Å². The second kappa shape index (κ2) is 6.32. The quantitative estimate of drug-likeness (QED) is 0.863. The van der Waals surface area contributed by atoms with Crippen LogP contribution < -0.4 is 5.73 Å². The zero-order valence-electron chi connectivity index (χ0n) is 10.4. The second-order valence-electron chi connectivity index (χ2n) is 5.04. The number of nitrogens with zero attached hydrogens (tertiary/aromatic N) is 1. The van der Waals surface area contributed by atoms with Crippen LogP contribution in [0.25, 0.3) is 0 Å². The van der Waals surface area contributed by atoms with Gasteiger partial charge in [0.1, 0.15) is 0 Å². The molecule has 2 nitrogen and oxygen atoms in total. The van der Waals surface area contributed by atoms with Gasteiger partial charge in [-0.15, -0.1) is 11.3 Å². The van der Waals surface area contributed by atoms with Crippen molar-refractivity contribution in [3.63, 3.8) is 0 Å². The minimum absolute atomic E-state index is 0.351. The fraction of sp³-hybridized carbons (Fsp3) is 0.692. The molecule has 0 spiro atoms. The minimum Gasteiger partial charge on any atom is -0.326 e. The Morgan fingerprint density at radius 2 is 2.18 bits per heavy atom. The Balaban J connectivity index is 1.95. The maximum Gasteiger partial charge on any atom is 0.0701 e. The molecule has 2 atom stereocenters. The van der Waals surface area contributed by atoms with E-state index < -0.39 is 0 Å². The van der Waals surface area contributed by atoms with Crippen LogP contribution in [0.4, 0.5) is 0 Å². The van der Waals surface area contributed by atoms with Gasteiger partial charge in [-0.05, 0) is 52.8 Å². The summed E-state index contributed by atoms with van der Waals surface area (Å²) >= 11 is 5.27. The van der Waals surface area contributed by atoms with Crippen molar-refractivity contribution in [3.8, 4) is 0 Å². The third kappa shape index (κ3) is 3.78. The lowest BCUT2D eigenvalue weighted by Crippen LogP contribution is -2.44. The molecular weight excluding hydrogens is 296 g/mol. The Morgan fingerprint density at radius 3 is 2.88 bits per heavy atom. The van der Waals surface area contributed by atoms with E-state index in [1.54, 1.807) is 11.3 Å². The minimum atomic E-state index is 0.351. The molecule has 0 bridgehead atoms. The highest BCUT2D eigenvalue weighted by Crippen LogP contribution is 2.25. The van der Waals surface area contributed by atoms with Crippen LogP contribution in [0.3, 0.4) is 0 Å². The van der Waals surface area contributed by atoms with Crippen LogP contribution in [-0.2, 0) is 6.54 Å². The molecule has 1 saturated carbocycles. The molecule has 96 valence electrons. The summed E-state index contributed by atoms with van der Waals surface area (Å²) in [5.74, 6) is 0. The van der Waals surface area contributed by atoms with E-state index in [1.807, 2.05) is 0 Å². The van der Waals surface area contributed by atoms with Gasteiger partial charge in [-0.3, -0.25) is 4.90 Å². The maximum atomic E-state index is 6.29. The van der Waals surface area contributed by atoms with Crippen molar-refractivity contribution in [2.45, 2.75) is 50.7 Å². The van der Waals surface area contributed by atoms with E-state index in [0.717, 1.165) is 6.54 Å². The molecule has 1 aliphatic rings. The molecule has 0 amide bonds. The van der Waals surface area contributed by atoms with Gasteiger partial charge in [0.15, 0.2) is 0 Å². The third-order valence-corrected chi connectivity index (χ3v) is 5.20. The van der Waals surface area contributed by atoms with Gasteiger partial charge in [-0.25, -0.2) is 0 Å². The van der Waals surface area contributed by atoms with E-state index in [-0.39, 0.29) is 0 Å². The highest BCUT2D eigenvalue weighted by Gasteiger charge is 2.24. The maximum absolute atomic E-state index is 6.29. The van der Waals surface area contributed by atoms with E-state index in [1.165, 1.54) is 41.5 Å². The molecule has 4 heteroatoms. The molecule has 1 heterocycles. The third-order valence-electron chi connectivity index (χ3n) is 3.65. The number of rotatable bonds is 3. The molecule has 1 aromatic rings. The summed E-state index contributed by atoms with van der Waals surface area (Å²) < 4.78 is 1.21. The van der Waals surface area contributed by atoms with Crippen LogP contribution in [0.15, 0.2) is 15.2 Å². The van der Waals surface area contributed by atoms with Crippen molar-refractivity contribution >= 4 is 27.3 Å². The lowest BCUT2D eigenvalue weighted by atomic mass is 10.0. The van der Waals surface area contributed by atoms with Crippen molar-refractivity contribution in [1.82, 2.24) is 4.90 Å². The van der Waals surface area contributed by atoms with Gasteiger partial charge < -0.3 is 5.73 Å². The first-order valence-electron chi connectivity index (χ1n) is 6.35. The van der Waals surface area contributed by atoms with Crippen LogP contribution in [0, 0.1) is 0 Å². The predicted octanol–water partition coefficient (Wildman–Crippen LogP) is 3.60. The predicted molar refractivity (Wildman–Crippen MR) is 78.3 cm³/mol. The van der Waals surface area contributed by atoms with Crippen molar-refractivity contribution in [2.75, 3.05) is 7.05 Å². The molecular formula is C13H21BrN2S. The normalized spacial score (nSPS) is 26.1.